The molecule has 1 unspecified atom stereocenters. The topological polar surface area (TPSA) is 52.6 Å². The van der Waals surface area contributed by atoms with Crippen molar-refractivity contribution in [3.05, 3.63) is 35.9 Å². The molecule has 2 N–H and O–H groups in total. The number of amides is 1. The molecule has 1 fully saturated rings. The first-order valence-corrected chi connectivity index (χ1v) is 8.36. The standard InChI is InChI=1S/C18H28N2O2/c1-3-4-12-19-17(21)15(2)20-13-10-18(22,11-14-20)16-8-6-5-7-9-16/h5-9,15,22H,3-4,10-14H2,1-2H3,(H,19,21). The van der Waals surface area contributed by atoms with Crippen molar-refractivity contribution < 1.29 is 9.90 Å². The van der Waals surface area contributed by atoms with Gasteiger partial charge < -0.3 is 10.4 Å². The minimum absolute atomic E-state index is 0.0959. The number of hydrogen-bond acceptors (Lipinski definition) is 3. The maximum Gasteiger partial charge on any atom is 0.237 e. The Labute approximate surface area is 133 Å². The SMILES string of the molecule is CCCCNC(=O)C(C)N1CCC(O)(c2ccccc2)CC1. The van der Waals surface area contributed by atoms with Gasteiger partial charge in [0.05, 0.1) is 11.6 Å². The van der Waals surface area contributed by atoms with Gasteiger partial charge in [0.15, 0.2) is 0 Å². The highest BCUT2D eigenvalue weighted by molar-refractivity contribution is 5.81. The lowest BCUT2D eigenvalue weighted by molar-refractivity contribution is -0.128. The van der Waals surface area contributed by atoms with Crippen LogP contribution in [0.4, 0.5) is 0 Å². The summed E-state index contributed by atoms with van der Waals surface area (Å²) in [6.45, 7) is 6.31. The zero-order chi connectivity index (χ0) is 16.0. The number of nitrogens with zero attached hydrogens (tertiary/aromatic N) is 1. The van der Waals surface area contributed by atoms with E-state index in [0.717, 1.165) is 38.0 Å². The number of carbonyl (C=O) groups is 1. The van der Waals surface area contributed by atoms with E-state index in [0.29, 0.717) is 12.8 Å². The summed E-state index contributed by atoms with van der Waals surface area (Å²) in [6.07, 6.45) is 3.45. The second kappa shape index (κ2) is 7.75. The molecule has 0 spiro atoms. The first-order valence-electron chi connectivity index (χ1n) is 8.36. The first-order chi connectivity index (χ1) is 10.6. The first kappa shape index (κ1) is 17.0. The lowest BCUT2D eigenvalue weighted by Gasteiger charge is -2.40. The summed E-state index contributed by atoms with van der Waals surface area (Å²) >= 11 is 0. The fourth-order valence-electron chi connectivity index (χ4n) is 3.02. The van der Waals surface area contributed by atoms with Crippen LogP contribution < -0.4 is 5.32 Å². The van der Waals surface area contributed by atoms with E-state index >= 15 is 0 Å². The molecule has 0 saturated carbocycles. The van der Waals surface area contributed by atoms with Gasteiger partial charge in [-0.2, -0.15) is 0 Å². The quantitative estimate of drug-likeness (QED) is 0.793. The number of rotatable bonds is 6. The monoisotopic (exact) mass is 304 g/mol. The largest absolute Gasteiger partial charge is 0.385 e. The number of nitrogens with one attached hydrogen (secondary N) is 1. The third-order valence-corrected chi connectivity index (χ3v) is 4.69. The van der Waals surface area contributed by atoms with E-state index in [4.69, 9.17) is 0 Å². The molecule has 4 nitrogen and oxygen atoms in total. The van der Waals surface area contributed by atoms with Gasteiger partial charge in [0, 0.05) is 19.6 Å². The number of unbranched alkanes of at least 4 members (excludes halogenated alkanes) is 1. The lowest BCUT2D eigenvalue weighted by Crippen LogP contribution is -2.51. The van der Waals surface area contributed by atoms with E-state index in [-0.39, 0.29) is 11.9 Å². The number of aliphatic hydroxyl groups is 1. The second-order valence-corrected chi connectivity index (χ2v) is 6.25. The van der Waals surface area contributed by atoms with Gasteiger partial charge in [-0.25, -0.2) is 0 Å². The Morgan fingerprint density at radius 2 is 1.95 bits per heavy atom. The Morgan fingerprint density at radius 1 is 1.32 bits per heavy atom. The van der Waals surface area contributed by atoms with Gasteiger partial charge in [-0.05, 0) is 31.7 Å². The Balaban J connectivity index is 1.87. The molecule has 2 rings (SSSR count). The molecule has 1 aromatic rings. The zero-order valence-electron chi connectivity index (χ0n) is 13.7. The van der Waals surface area contributed by atoms with Crippen molar-refractivity contribution in [2.75, 3.05) is 19.6 Å². The third-order valence-electron chi connectivity index (χ3n) is 4.69. The molecule has 1 aromatic carbocycles. The summed E-state index contributed by atoms with van der Waals surface area (Å²) in [5.74, 6) is 0.0959. The molecule has 1 saturated heterocycles. The van der Waals surface area contributed by atoms with Crippen LogP contribution in [0, 0.1) is 0 Å². The predicted octanol–water partition coefficient (Wildman–Crippen LogP) is 2.27. The van der Waals surface area contributed by atoms with Gasteiger partial charge in [-0.1, -0.05) is 43.7 Å². The van der Waals surface area contributed by atoms with Gasteiger partial charge in [-0.3, -0.25) is 9.69 Å². The molecule has 22 heavy (non-hydrogen) atoms. The van der Waals surface area contributed by atoms with E-state index in [1.807, 2.05) is 37.3 Å². The molecule has 0 aliphatic carbocycles. The number of hydrogen-bond donors (Lipinski definition) is 2. The summed E-state index contributed by atoms with van der Waals surface area (Å²) < 4.78 is 0. The van der Waals surface area contributed by atoms with E-state index in [2.05, 4.69) is 17.1 Å². The van der Waals surface area contributed by atoms with E-state index in [1.54, 1.807) is 0 Å². The van der Waals surface area contributed by atoms with Crippen molar-refractivity contribution in [3.63, 3.8) is 0 Å². The van der Waals surface area contributed by atoms with Gasteiger partial charge in [0.25, 0.3) is 0 Å². The highest BCUT2D eigenvalue weighted by atomic mass is 16.3. The van der Waals surface area contributed by atoms with Crippen molar-refractivity contribution in [1.29, 1.82) is 0 Å². The molecule has 1 aliphatic rings. The van der Waals surface area contributed by atoms with Crippen molar-refractivity contribution in [2.24, 2.45) is 0 Å². The number of benzene rings is 1. The predicted molar refractivity (Wildman–Crippen MR) is 88.5 cm³/mol. The number of piperidine rings is 1. The van der Waals surface area contributed by atoms with Crippen LogP contribution in [-0.4, -0.2) is 41.6 Å². The molecule has 1 atom stereocenters. The molecule has 1 heterocycles. The minimum Gasteiger partial charge on any atom is -0.385 e. The fraction of sp³-hybridized carbons (Fsp3) is 0.611. The molecule has 4 heteroatoms. The van der Waals surface area contributed by atoms with Crippen molar-refractivity contribution >= 4 is 5.91 Å². The smallest absolute Gasteiger partial charge is 0.237 e. The van der Waals surface area contributed by atoms with Crippen LogP contribution in [0.5, 0.6) is 0 Å². The van der Waals surface area contributed by atoms with Crippen LogP contribution in [0.25, 0.3) is 0 Å². The van der Waals surface area contributed by atoms with Crippen molar-refractivity contribution in [1.82, 2.24) is 10.2 Å². The molecular formula is C18H28N2O2. The third kappa shape index (κ3) is 4.08. The maximum absolute atomic E-state index is 12.1. The van der Waals surface area contributed by atoms with Gasteiger partial charge in [-0.15, -0.1) is 0 Å². The van der Waals surface area contributed by atoms with Crippen LogP contribution in [0.3, 0.4) is 0 Å². The highest BCUT2D eigenvalue weighted by Crippen LogP contribution is 2.33. The van der Waals surface area contributed by atoms with Crippen LogP contribution in [-0.2, 0) is 10.4 Å². The zero-order valence-corrected chi connectivity index (χ0v) is 13.7. The summed E-state index contributed by atoms with van der Waals surface area (Å²) in [4.78, 5) is 14.3. The molecular weight excluding hydrogens is 276 g/mol. The van der Waals surface area contributed by atoms with Crippen LogP contribution in [0.2, 0.25) is 0 Å². The molecule has 1 aliphatic heterocycles. The van der Waals surface area contributed by atoms with Crippen molar-refractivity contribution in [3.8, 4) is 0 Å². The molecule has 122 valence electrons. The van der Waals surface area contributed by atoms with Gasteiger partial charge in [0.1, 0.15) is 0 Å². The number of likely N-dealkylation sites (tertiary alicyclic amines) is 1. The van der Waals surface area contributed by atoms with Crippen LogP contribution in [0.1, 0.15) is 45.1 Å². The van der Waals surface area contributed by atoms with E-state index in [9.17, 15) is 9.90 Å². The van der Waals surface area contributed by atoms with E-state index < -0.39 is 5.60 Å². The average Bonchev–Trinajstić information content (AvgIpc) is 2.56. The Hall–Kier alpha value is -1.39. The van der Waals surface area contributed by atoms with Crippen LogP contribution in [0.15, 0.2) is 30.3 Å². The fourth-order valence-corrected chi connectivity index (χ4v) is 3.02. The van der Waals surface area contributed by atoms with Crippen LogP contribution >= 0.6 is 0 Å². The maximum atomic E-state index is 12.1. The lowest BCUT2D eigenvalue weighted by atomic mass is 9.84. The van der Waals surface area contributed by atoms with Gasteiger partial charge in [0.2, 0.25) is 5.91 Å². The Kier molecular flexibility index (Phi) is 5.98. The summed E-state index contributed by atoms with van der Waals surface area (Å²) in [7, 11) is 0. The Morgan fingerprint density at radius 3 is 2.55 bits per heavy atom. The molecule has 0 radical (unpaired) electrons. The van der Waals surface area contributed by atoms with Crippen molar-refractivity contribution in [2.45, 2.75) is 51.2 Å². The van der Waals surface area contributed by atoms with Gasteiger partial charge >= 0.3 is 0 Å². The minimum atomic E-state index is -0.754. The summed E-state index contributed by atoms with van der Waals surface area (Å²) in [5.41, 5.74) is 0.227. The average molecular weight is 304 g/mol. The Bertz CT molecular complexity index is 467. The van der Waals surface area contributed by atoms with E-state index in [1.165, 1.54) is 0 Å². The second-order valence-electron chi connectivity index (χ2n) is 6.25. The highest BCUT2D eigenvalue weighted by Gasteiger charge is 2.36. The normalized spacial score (nSPS) is 19.6. The summed E-state index contributed by atoms with van der Waals surface area (Å²) in [6, 6.07) is 9.72. The molecule has 1 amide bonds. The summed E-state index contributed by atoms with van der Waals surface area (Å²) in [5, 5.41) is 13.8. The molecule has 0 bridgehead atoms. The number of carbonyl (C=O) groups excluding carboxylic acids is 1. The molecule has 0 aromatic heterocycles.